The lowest BCUT2D eigenvalue weighted by Gasteiger charge is -2.32. The minimum Gasteiger partial charge on any atom is -0.348 e. The maximum absolute atomic E-state index is 11.6. The first-order valence-electron chi connectivity index (χ1n) is 6.81. The second-order valence-electron chi connectivity index (χ2n) is 5.69. The molecule has 0 atom stereocenters. The molecule has 2 aliphatic rings. The third-order valence-electron chi connectivity index (χ3n) is 3.84. The normalized spacial score (nSPS) is 22.7. The van der Waals surface area contributed by atoms with E-state index in [1.807, 2.05) is 14.1 Å². The van der Waals surface area contributed by atoms with E-state index in [4.69, 9.17) is 0 Å². The van der Waals surface area contributed by atoms with Crippen LogP contribution in [0.1, 0.15) is 25.7 Å². The van der Waals surface area contributed by atoms with Crippen LogP contribution in [0.15, 0.2) is 0 Å². The van der Waals surface area contributed by atoms with E-state index in [9.17, 15) is 4.79 Å². The van der Waals surface area contributed by atoms with Gasteiger partial charge in [-0.05, 0) is 51.2 Å². The number of carbonyl (C=O) groups is 1. The second-order valence-corrected chi connectivity index (χ2v) is 5.69. The highest BCUT2D eigenvalue weighted by molar-refractivity contribution is 5.77. The first-order chi connectivity index (χ1) is 8.15. The van der Waals surface area contributed by atoms with Crippen molar-refractivity contribution in [2.24, 2.45) is 5.92 Å². The number of carbonyl (C=O) groups excluding carboxylic acids is 1. The SMILES string of the molecule is CN(C)C(=O)CN1CCC(CNC2CC2)CC1. The Kier molecular flexibility index (Phi) is 4.40. The fourth-order valence-corrected chi connectivity index (χ4v) is 2.30. The molecule has 17 heavy (non-hydrogen) atoms. The van der Waals surface area contributed by atoms with Crippen molar-refractivity contribution in [2.45, 2.75) is 31.7 Å². The Morgan fingerprint density at radius 3 is 2.41 bits per heavy atom. The van der Waals surface area contributed by atoms with E-state index in [-0.39, 0.29) is 5.91 Å². The molecular weight excluding hydrogens is 214 g/mol. The van der Waals surface area contributed by atoms with E-state index in [1.54, 1.807) is 4.90 Å². The largest absolute Gasteiger partial charge is 0.348 e. The smallest absolute Gasteiger partial charge is 0.236 e. The van der Waals surface area contributed by atoms with Gasteiger partial charge < -0.3 is 10.2 Å². The van der Waals surface area contributed by atoms with Crippen LogP contribution in [0.5, 0.6) is 0 Å². The summed E-state index contributed by atoms with van der Waals surface area (Å²) < 4.78 is 0. The lowest BCUT2D eigenvalue weighted by molar-refractivity contribution is -0.130. The van der Waals surface area contributed by atoms with Crippen LogP contribution in [0.3, 0.4) is 0 Å². The molecule has 2 rings (SSSR count). The average molecular weight is 239 g/mol. The summed E-state index contributed by atoms with van der Waals surface area (Å²) in [5.74, 6) is 1.04. The maximum atomic E-state index is 11.6. The van der Waals surface area contributed by atoms with Crippen LogP contribution >= 0.6 is 0 Å². The van der Waals surface area contributed by atoms with Gasteiger partial charge in [0.2, 0.25) is 5.91 Å². The van der Waals surface area contributed by atoms with Crippen LogP contribution in [0.25, 0.3) is 0 Å². The lowest BCUT2D eigenvalue weighted by Crippen LogP contribution is -2.42. The number of likely N-dealkylation sites (N-methyl/N-ethyl adjacent to an activating group) is 1. The predicted molar refractivity (Wildman–Crippen MR) is 68.9 cm³/mol. The van der Waals surface area contributed by atoms with Crippen molar-refractivity contribution >= 4 is 5.91 Å². The lowest BCUT2D eigenvalue weighted by atomic mass is 9.97. The number of hydrogen-bond acceptors (Lipinski definition) is 3. The van der Waals surface area contributed by atoms with Gasteiger partial charge >= 0.3 is 0 Å². The molecular formula is C13H25N3O. The topological polar surface area (TPSA) is 35.6 Å². The van der Waals surface area contributed by atoms with Crippen molar-refractivity contribution in [3.63, 3.8) is 0 Å². The van der Waals surface area contributed by atoms with Crippen molar-refractivity contribution in [2.75, 3.05) is 40.3 Å². The van der Waals surface area contributed by atoms with Gasteiger partial charge in [0, 0.05) is 20.1 Å². The monoisotopic (exact) mass is 239 g/mol. The minimum atomic E-state index is 0.222. The molecule has 1 aliphatic carbocycles. The Morgan fingerprint density at radius 2 is 1.88 bits per heavy atom. The van der Waals surface area contributed by atoms with E-state index in [2.05, 4.69) is 10.2 Å². The molecule has 0 radical (unpaired) electrons. The van der Waals surface area contributed by atoms with Crippen LogP contribution in [0, 0.1) is 5.92 Å². The summed E-state index contributed by atoms with van der Waals surface area (Å²) in [6.07, 6.45) is 5.22. The zero-order valence-corrected chi connectivity index (χ0v) is 11.1. The average Bonchev–Trinajstić information content (AvgIpc) is 3.12. The number of piperidine rings is 1. The van der Waals surface area contributed by atoms with E-state index in [1.165, 1.54) is 32.2 Å². The van der Waals surface area contributed by atoms with Crippen molar-refractivity contribution in [3.8, 4) is 0 Å². The summed E-state index contributed by atoms with van der Waals surface area (Å²) in [5.41, 5.74) is 0. The number of rotatable bonds is 5. The van der Waals surface area contributed by atoms with Gasteiger partial charge in [0.15, 0.2) is 0 Å². The molecule has 1 saturated carbocycles. The molecule has 0 unspecified atom stereocenters. The van der Waals surface area contributed by atoms with Crippen LogP contribution in [-0.2, 0) is 4.79 Å². The molecule has 1 heterocycles. The van der Waals surface area contributed by atoms with Gasteiger partial charge in [-0.2, -0.15) is 0 Å². The molecule has 1 amide bonds. The molecule has 4 nitrogen and oxygen atoms in total. The number of amides is 1. The number of nitrogens with one attached hydrogen (secondary N) is 1. The van der Waals surface area contributed by atoms with Crippen molar-refractivity contribution in [3.05, 3.63) is 0 Å². The summed E-state index contributed by atoms with van der Waals surface area (Å²) in [4.78, 5) is 15.6. The summed E-state index contributed by atoms with van der Waals surface area (Å²) in [6, 6.07) is 0.823. The number of likely N-dealkylation sites (tertiary alicyclic amines) is 1. The van der Waals surface area contributed by atoms with Gasteiger partial charge in [-0.15, -0.1) is 0 Å². The van der Waals surface area contributed by atoms with Crippen molar-refractivity contribution < 1.29 is 4.79 Å². The quantitative estimate of drug-likeness (QED) is 0.760. The Labute approximate surface area is 104 Å². The summed E-state index contributed by atoms with van der Waals surface area (Å²) >= 11 is 0. The summed E-state index contributed by atoms with van der Waals surface area (Å²) in [7, 11) is 3.66. The van der Waals surface area contributed by atoms with Gasteiger partial charge in [-0.25, -0.2) is 0 Å². The molecule has 98 valence electrons. The molecule has 2 fully saturated rings. The highest BCUT2D eigenvalue weighted by Gasteiger charge is 2.24. The zero-order chi connectivity index (χ0) is 12.3. The molecule has 1 N–H and O–H groups in total. The number of nitrogens with zero attached hydrogens (tertiary/aromatic N) is 2. The van der Waals surface area contributed by atoms with E-state index >= 15 is 0 Å². The second kappa shape index (κ2) is 5.83. The molecule has 1 aliphatic heterocycles. The fraction of sp³-hybridized carbons (Fsp3) is 0.923. The van der Waals surface area contributed by atoms with Crippen molar-refractivity contribution in [1.82, 2.24) is 15.1 Å². The van der Waals surface area contributed by atoms with Gasteiger partial charge in [-0.1, -0.05) is 0 Å². The van der Waals surface area contributed by atoms with Crippen LogP contribution in [0.2, 0.25) is 0 Å². The summed E-state index contributed by atoms with van der Waals surface area (Å²) in [6.45, 7) is 3.93. The Morgan fingerprint density at radius 1 is 1.24 bits per heavy atom. The fourth-order valence-electron chi connectivity index (χ4n) is 2.30. The molecule has 1 saturated heterocycles. The molecule has 4 heteroatoms. The van der Waals surface area contributed by atoms with Gasteiger partial charge in [-0.3, -0.25) is 9.69 Å². The first kappa shape index (κ1) is 12.8. The predicted octanol–water partition coefficient (Wildman–Crippen LogP) is 0.539. The minimum absolute atomic E-state index is 0.222. The Hall–Kier alpha value is -0.610. The Balaban J connectivity index is 1.61. The van der Waals surface area contributed by atoms with E-state index in [0.29, 0.717) is 6.54 Å². The van der Waals surface area contributed by atoms with Gasteiger partial charge in [0.05, 0.1) is 6.54 Å². The Bertz CT molecular complexity index is 255. The number of hydrogen-bond donors (Lipinski definition) is 1. The maximum Gasteiger partial charge on any atom is 0.236 e. The first-order valence-corrected chi connectivity index (χ1v) is 6.81. The molecule has 0 bridgehead atoms. The van der Waals surface area contributed by atoms with Crippen LogP contribution < -0.4 is 5.32 Å². The third kappa shape index (κ3) is 4.28. The molecule has 0 aromatic heterocycles. The zero-order valence-electron chi connectivity index (χ0n) is 11.1. The summed E-state index contributed by atoms with van der Waals surface area (Å²) in [5, 5.41) is 3.61. The van der Waals surface area contributed by atoms with E-state index in [0.717, 1.165) is 25.0 Å². The molecule has 0 spiro atoms. The van der Waals surface area contributed by atoms with Gasteiger partial charge in [0.25, 0.3) is 0 Å². The molecule has 0 aromatic rings. The highest BCUT2D eigenvalue weighted by Crippen LogP contribution is 2.21. The highest BCUT2D eigenvalue weighted by atomic mass is 16.2. The third-order valence-corrected chi connectivity index (χ3v) is 3.84. The standard InChI is InChI=1S/C13H25N3O/c1-15(2)13(17)10-16-7-5-11(6-8-16)9-14-12-3-4-12/h11-12,14H,3-10H2,1-2H3. The van der Waals surface area contributed by atoms with Gasteiger partial charge in [0.1, 0.15) is 0 Å². The van der Waals surface area contributed by atoms with Crippen molar-refractivity contribution in [1.29, 1.82) is 0 Å². The van der Waals surface area contributed by atoms with Crippen LogP contribution in [-0.4, -0.2) is 62.0 Å². The van der Waals surface area contributed by atoms with E-state index < -0.39 is 0 Å². The molecule has 0 aromatic carbocycles. The van der Waals surface area contributed by atoms with Crippen LogP contribution in [0.4, 0.5) is 0 Å².